The van der Waals surface area contributed by atoms with E-state index in [-0.39, 0.29) is 0 Å². The van der Waals surface area contributed by atoms with Crippen molar-refractivity contribution in [2.45, 2.75) is 107 Å². The Bertz CT molecular complexity index is 5490. The maximum atomic E-state index is 2.75. The van der Waals surface area contributed by atoms with Gasteiger partial charge in [0.25, 0.3) is 0 Å². The predicted molar refractivity (Wildman–Crippen MR) is 617 cm³/mol. The second kappa shape index (κ2) is 51.3. The third-order valence-corrected chi connectivity index (χ3v) is 26.1. The first-order valence-corrected chi connectivity index (χ1v) is 55.8. The van der Waals surface area contributed by atoms with Gasteiger partial charge >= 0.3 is 0 Å². The SMILES string of the molecule is BrBr.BrBr.Cc1ccc(C)cc1.Cc1ccc(C)cc1.Cc1ccc(C)cc1.Cc1ccc(C)cc1.c1cc2ccc1-c1ccc(cc1)-c1ccc(cc1)-c1ccc-2cc1.c1cc2ccc1-c1ccc(cc1)-c1ccc(cc1)-c1ccc-2cc1.c1cc2ccc1Cc1ccc(cc1)Cc1ccc(cc1)Cc1ccc(cc1)C2.c1cc2ccc1Cc1ccc(cc1)Cc1ccc(cc1)Cc1ccc(cc1)C2. The second-order valence-electron chi connectivity index (χ2n) is 37.2. The van der Waals surface area contributed by atoms with Crippen LogP contribution >= 0.6 is 56.5 Å². The first kappa shape index (κ1) is 101. The van der Waals surface area contributed by atoms with Gasteiger partial charge < -0.3 is 0 Å². The molecule has 20 aromatic rings. The van der Waals surface area contributed by atoms with Crippen LogP contribution in [0.2, 0.25) is 0 Å². The van der Waals surface area contributed by atoms with Gasteiger partial charge in [-0.2, -0.15) is 0 Å². The lowest BCUT2D eigenvalue weighted by atomic mass is 9.95. The Morgan fingerprint density at radius 1 is 0.0857 bits per heavy atom. The minimum Gasteiger partial charge on any atom is -0.0591 e. The van der Waals surface area contributed by atoms with Crippen molar-refractivity contribution in [3.63, 3.8) is 0 Å². The minimum absolute atomic E-state index is 0.990. The second-order valence-corrected chi connectivity index (χ2v) is 37.2. The molecule has 0 amide bonds. The van der Waals surface area contributed by atoms with Crippen LogP contribution in [-0.2, 0) is 51.4 Å². The molecule has 0 aliphatic heterocycles. The van der Waals surface area contributed by atoms with E-state index in [1.807, 2.05) is 0 Å². The summed E-state index contributed by atoms with van der Waals surface area (Å²) >= 11 is 11.0. The zero-order valence-corrected chi connectivity index (χ0v) is 87.7. The highest BCUT2D eigenvalue weighted by molar-refractivity contribution is 9.93. The highest BCUT2D eigenvalue weighted by Crippen LogP contribution is 2.36. The van der Waals surface area contributed by atoms with Gasteiger partial charge in [0.2, 0.25) is 0 Å². The number of benzene rings is 20. The van der Waals surface area contributed by atoms with Crippen LogP contribution in [-0.4, -0.2) is 0 Å². The van der Waals surface area contributed by atoms with E-state index in [1.165, 1.54) is 223 Å². The summed E-state index contributed by atoms with van der Waals surface area (Å²) in [5.74, 6) is 0. The van der Waals surface area contributed by atoms with Crippen molar-refractivity contribution in [3.05, 3.63) is 619 Å². The van der Waals surface area contributed by atoms with Crippen LogP contribution in [0.5, 0.6) is 0 Å². The van der Waals surface area contributed by atoms with Crippen molar-refractivity contribution in [2.24, 2.45) is 0 Å². The molecule has 40 aliphatic carbocycles. The van der Waals surface area contributed by atoms with Crippen molar-refractivity contribution in [3.8, 4) is 89.0 Å². The number of aryl methyl sites for hydroxylation is 8. The molecule has 0 heterocycles. The molecule has 32 bridgehead atoms. The molecular weight excluding hydrogens is 1950 g/mol. The van der Waals surface area contributed by atoms with E-state index in [0.29, 0.717) is 0 Å². The molecule has 0 unspecified atom stereocenters. The Hall–Kier alpha value is -13.7. The van der Waals surface area contributed by atoms with Crippen molar-refractivity contribution >= 4 is 56.5 Å². The summed E-state index contributed by atoms with van der Waals surface area (Å²) in [6.45, 7) is 16.8. The monoisotopic (exact) mass is 2070 g/mol. The number of hydrogen-bond acceptors (Lipinski definition) is 0. The summed E-state index contributed by atoms with van der Waals surface area (Å²) in [5.41, 5.74) is 52.7. The summed E-state index contributed by atoms with van der Waals surface area (Å²) in [4.78, 5) is 0. The van der Waals surface area contributed by atoms with E-state index in [9.17, 15) is 0 Å². The van der Waals surface area contributed by atoms with Gasteiger partial charge in [-0.1, -0.05) is 530 Å². The van der Waals surface area contributed by atoms with E-state index >= 15 is 0 Å². The summed E-state index contributed by atoms with van der Waals surface area (Å²) in [5, 5.41) is 0. The smallest absolute Gasteiger partial charge is 0 e. The molecular formula is C136H120Br4. The standard InChI is InChI=1S/2C28H24.2C24H16.4C8H10.2Br2/c2*1-2-22-4-3-21(1)17-23-5-7-25(8-6-23)19-27-13-15-28(16-14-27)20-26-11-9-24(18-22)10-12-26;2*1-2-18-4-3-17(1)19-5-7-21(8-6-19)23-13-15-24(16-14-23)22-11-9-20(18)10-12-22;4*1-7-3-5-8(2)6-4-7;2*1-2/h2*1-16H,17-20H2;2*1-16H;4*3-6H,1-2H3;;. The molecule has 0 spiro atoms. The van der Waals surface area contributed by atoms with Gasteiger partial charge in [-0.15, -0.1) is 0 Å². The topological polar surface area (TPSA) is 0 Å². The predicted octanol–water partition coefficient (Wildman–Crippen LogP) is 38.7. The van der Waals surface area contributed by atoms with Gasteiger partial charge in [-0.05, 0) is 285 Å². The number of rotatable bonds is 0. The quantitative estimate of drug-likeness (QED) is 0.142. The van der Waals surface area contributed by atoms with E-state index in [4.69, 9.17) is 0 Å². The normalized spacial score (nSPS) is 11.3. The van der Waals surface area contributed by atoms with Gasteiger partial charge in [0, 0.05) is 56.5 Å². The van der Waals surface area contributed by atoms with Crippen LogP contribution in [0.1, 0.15) is 134 Å². The molecule has 0 radical (unpaired) electrons. The van der Waals surface area contributed by atoms with Gasteiger partial charge in [-0.25, -0.2) is 0 Å². The average molecular weight is 2070 g/mol. The largest absolute Gasteiger partial charge is 0.0591 e. The first-order chi connectivity index (χ1) is 68.5. The van der Waals surface area contributed by atoms with Gasteiger partial charge in [0.05, 0.1) is 0 Å². The highest BCUT2D eigenvalue weighted by atomic mass is 80.9. The molecule has 60 rings (SSSR count). The summed E-state index contributed by atoms with van der Waals surface area (Å²) in [7, 11) is 0. The molecule has 0 fully saturated rings. The Morgan fingerprint density at radius 2 is 0.136 bits per heavy atom. The molecule has 0 N–H and O–H groups in total. The van der Waals surface area contributed by atoms with Crippen molar-refractivity contribution in [1.29, 1.82) is 0 Å². The molecule has 20 aromatic carbocycles. The molecule has 140 heavy (non-hydrogen) atoms. The lowest BCUT2D eigenvalue weighted by molar-refractivity contribution is 1.12. The fourth-order valence-corrected chi connectivity index (χ4v) is 17.5. The highest BCUT2D eigenvalue weighted by Gasteiger charge is 2.13. The number of halogens is 4. The summed E-state index contributed by atoms with van der Waals surface area (Å²) in [6, 6.07) is 177. The Balaban J connectivity index is 0.000000126. The third-order valence-electron chi connectivity index (χ3n) is 26.1. The van der Waals surface area contributed by atoms with Crippen molar-refractivity contribution < 1.29 is 0 Å². The Kier molecular flexibility index (Phi) is 36.9. The fourth-order valence-electron chi connectivity index (χ4n) is 17.5. The molecule has 4 heteroatoms. The van der Waals surface area contributed by atoms with Gasteiger partial charge in [-0.3, -0.25) is 0 Å². The zero-order chi connectivity index (χ0) is 97.3. The third kappa shape index (κ3) is 30.2. The van der Waals surface area contributed by atoms with Crippen LogP contribution in [0, 0.1) is 55.4 Å². The average Bonchev–Trinajstić information content (AvgIpc) is 0.807. The Labute approximate surface area is 863 Å². The lowest BCUT2D eigenvalue weighted by Gasteiger charge is -2.10. The molecule has 0 atom stereocenters. The van der Waals surface area contributed by atoms with Crippen molar-refractivity contribution in [2.75, 3.05) is 0 Å². The Morgan fingerprint density at radius 3 is 0.186 bits per heavy atom. The van der Waals surface area contributed by atoms with Crippen LogP contribution in [0.3, 0.4) is 0 Å². The first-order valence-electron chi connectivity index (χ1n) is 48.4. The van der Waals surface area contributed by atoms with Crippen LogP contribution in [0.4, 0.5) is 0 Å². The molecule has 692 valence electrons. The van der Waals surface area contributed by atoms with Crippen LogP contribution in [0.15, 0.2) is 485 Å². The summed E-state index contributed by atoms with van der Waals surface area (Å²) in [6.07, 6.45) is 7.92. The molecule has 0 aromatic heterocycles. The molecule has 0 saturated carbocycles. The molecule has 0 nitrogen and oxygen atoms in total. The number of hydrogen-bond donors (Lipinski definition) is 0. The van der Waals surface area contributed by atoms with E-state index in [2.05, 4.69) is 597 Å². The molecule has 0 saturated heterocycles. The van der Waals surface area contributed by atoms with E-state index in [1.54, 1.807) is 0 Å². The zero-order valence-electron chi connectivity index (χ0n) is 81.4. The van der Waals surface area contributed by atoms with Gasteiger partial charge in [0.1, 0.15) is 0 Å². The lowest BCUT2D eigenvalue weighted by Crippen LogP contribution is -1.95. The van der Waals surface area contributed by atoms with Crippen molar-refractivity contribution in [1.82, 2.24) is 0 Å². The maximum absolute atomic E-state index is 2.75. The summed E-state index contributed by atoms with van der Waals surface area (Å²) < 4.78 is 0. The minimum atomic E-state index is 0.990. The van der Waals surface area contributed by atoms with E-state index < -0.39 is 0 Å². The molecule has 40 aliphatic rings. The van der Waals surface area contributed by atoms with Gasteiger partial charge in [0.15, 0.2) is 0 Å². The van der Waals surface area contributed by atoms with E-state index in [0.717, 1.165) is 51.4 Å². The van der Waals surface area contributed by atoms with Crippen LogP contribution in [0.25, 0.3) is 89.0 Å². The fraction of sp³-hybridized carbons (Fsp3) is 0.118. The maximum Gasteiger partial charge on any atom is 0 e. The van der Waals surface area contributed by atoms with Crippen LogP contribution < -0.4 is 0 Å².